The Bertz CT molecular complexity index is 637. The zero-order valence-electron chi connectivity index (χ0n) is 8.95. The normalized spacial score (nSPS) is 10.1. The molecule has 0 aliphatic rings. The van der Waals surface area contributed by atoms with Crippen LogP contribution < -0.4 is 0 Å². The van der Waals surface area contributed by atoms with Gasteiger partial charge in [0.2, 0.25) is 0 Å². The predicted molar refractivity (Wildman–Crippen MR) is 69.3 cm³/mol. The van der Waals surface area contributed by atoms with Crippen LogP contribution in [0.4, 0.5) is 8.78 Å². The summed E-state index contributed by atoms with van der Waals surface area (Å²) in [6.45, 7) is 0. The number of benzene rings is 2. The molecule has 0 aliphatic carbocycles. The molecule has 5 heteroatoms. The third-order valence-electron chi connectivity index (χ3n) is 2.18. The topological polar surface area (TPSA) is 23.8 Å². The molecule has 0 bridgehead atoms. The highest BCUT2D eigenvalue weighted by Crippen LogP contribution is 2.33. The molecule has 2 aromatic rings. The number of hydrogen-bond donors (Lipinski definition) is 0. The summed E-state index contributed by atoms with van der Waals surface area (Å²) in [4.78, 5) is 0.749. The Labute approximate surface area is 116 Å². The molecule has 0 saturated heterocycles. The van der Waals surface area contributed by atoms with E-state index >= 15 is 0 Å². The quantitative estimate of drug-likeness (QED) is 0.795. The molecule has 0 saturated carbocycles. The maximum Gasteiger partial charge on any atom is 0.137 e. The number of halogens is 3. The molecule has 2 rings (SSSR count). The Morgan fingerprint density at radius 2 is 1.83 bits per heavy atom. The van der Waals surface area contributed by atoms with Crippen LogP contribution in [0.25, 0.3) is 0 Å². The number of rotatable bonds is 2. The monoisotopic (exact) mass is 325 g/mol. The van der Waals surface area contributed by atoms with Gasteiger partial charge in [0.1, 0.15) is 17.7 Å². The van der Waals surface area contributed by atoms with Gasteiger partial charge in [-0.2, -0.15) is 5.26 Å². The molecule has 0 unspecified atom stereocenters. The minimum atomic E-state index is -0.506. The van der Waals surface area contributed by atoms with Crippen molar-refractivity contribution in [2.45, 2.75) is 9.79 Å². The second kappa shape index (κ2) is 5.51. The SMILES string of the molecule is N#Cc1cc(Br)ccc1Sc1cc(F)ccc1F. The molecule has 0 fully saturated rings. The first-order valence-corrected chi connectivity index (χ1v) is 6.53. The second-order valence-corrected chi connectivity index (χ2v) is 5.43. The van der Waals surface area contributed by atoms with Gasteiger partial charge >= 0.3 is 0 Å². The minimum absolute atomic E-state index is 0.161. The lowest BCUT2D eigenvalue weighted by atomic mass is 10.2. The van der Waals surface area contributed by atoms with E-state index in [0.29, 0.717) is 10.5 Å². The predicted octanol–water partition coefficient (Wildman–Crippen LogP) is 4.75. The molecule has 90 valence electrons. The number of hydrogen-bond acceptors (Lipinski definition) is 2. The lowest BCUT2D eigenvalue weighted by Gasteiger charge is -2.05. The molecule has 0 spiro atoms. The van der Waals surface area contributed by atoms with E-state index in [1.165, 1.54) is 0 Å². The van der Waals surface area contributed by atoms with E-state index in [2.05, 4.69) is 15.9 Å². The molecule has 0 aromatic heterocycles. The van der Waals surface area contributed by atoms with Crippen LogP contribution in [0, 0.1) is 23.0 Å². The highest BCUT2D eigenvalue weighted by Gasteiger charge is 2.09. The summed E-state index contributed by atoms with van der Waals surface area (Å²) >= 11 is 4.28. The fourth-order valence-corrected chi connectivity index (χ4v) is 2.64. The lowest BCUT2D eigenvalue weighted by molar-refractivity contribution is 0.577. The average Bonchev–Trinajstić information content (AvgIpc) is 2.36. The Morgan fingerprint density at radius 1 is 1.06 bits per heavy atom. The van der Waals surface area contributed by atoms with Crippen LogP contribution in [0.5, 0.6) is 0 Å². The summed E-state index contributed by atoms with van der Waals surface area (Å²) in [5.41, 5.74) is 0.415. The van der Waals surface area contributed by atoms with Gasteiger partial charge < -0.3 is 0 Å². The van der Waals surface area contributed by atoms with E-state index in [-0.39, 0.29) is 4.90 Å². The maximum atomic E-state index is 13.5. The van der Waals surface area contributed by atoms with Crippen LogP contribution in [0.2, 0.25) is 0 Å². The van der Waals surface area contributed by atoms with Crippen LogP contribution >= 0.6 is 27.7 Å². The van der Waals surface area contributed by atoms with Crippen LogP contribution in [-0.4, -0.2) is 0 Å². The molecule has 0 radical (unpaired) electrons. The molecule has 0 amide bonds. The van der Waals surface area contributed by atoms with Crippen molar-refractivity contribution in [2.75, 3.05) is 0 Å². The van der Waals surface area contributed by atoms with Crippen molar-refractivity contribution in [3.05, 3.63) is 58.1 Å². The zero-order chi connectivity index (χ0) is 13.1. The molecule has 1 nitrogen and oxygen atoms in total. The Morgan fingerprint density at radius 3 is 2.56 bits per heavy atom. The van der Waals surface area contributed by atoms with Crippen molar-refractivity contribution in [2.24, 2.45) is 0 Å². The third kappa shape index (κ3) is 2.89. The van der Waals surface area contributed by atoms with Crippen molar-refractivity contribution in [1.82, 2.24) is 0 Å². The molecular formula is C13H6BrF2NS. The molecule has 0 aliphatic heterocycles. The van der Waals surface area contributed by atoms with Gasteiger partial charge in [0.25, 0.3) is 0 Å². The van der Waals surface area contributed by atoms with Crippen molar-refractivity contribution in [3.8, 4) is 6.07 Å². The summed E-state index contributed by atoms with van der Waals surface area (Å²) in [6, 6.07) is 10.4. The molecule has 0 atom stereocenters. The van der Waals surface area contributed by atoms with E-state index in [0.717, 1.165) is 34.4 Å². The summed E-state index contributed by atoms with van der Waals surface area (Å²) in [6.07, 6.45) is 0. The molecule has 18 heavy (non-hydrogen) atoms. The molecule has 2 aromatic carbocycles. The minimum Gasteiger partial charge on any atom is -0.207 e. The largest absolute Gasteiger partial charge is 0.207 e. The highest BCUT2D eigenvalue weighted by atomic mass is 79.9. The maximum absolute atomic E-state index is 13.5. The number of nitriles is 1. The lowest BCUT2D eigenvalue weighted by Crippen LogP contribution is -1.86. The van der Waals surface area contributed by atoms with E-state index in [4.69, 9.17) is 5.26 Å². The second-order valence-electron chi connectivity index (χ2n) is 3.43. The van der Waals surface area contributed by atoms with Gasteiger partial charge in [0.05, 0.1) is 10.5 Å². The van der Waals surface area contributed by atoms with Gasteiger partial charge in [0.15, 0.2) is 0 Å². The van der Waals surface area contributed by atoms with Gasteiger partial charge in [-0.05, 0) is 36.4 Å². The van der Waals surface area contributed by atoms with Gasteiger partial charge in [-0.1, -0.05) is 27.7 Å². The molecular weight excluding hydrogens is 320 g/mol. The van der Waals surface area contributed by atoms with Crippen LogP contribution in [0.3, 0.4) is 0 Å². The van der Waals surface area contributed by atoms with Gasteiger partial charge in [-0.15, -0.1) is 0 Å². The van der Waals surface area contributed by atoms with Crippen LogP contribution in [0.15, 0.2) is 50.7 Å². The van der Waals surface area contributed by atoms with E-state index in [1.54, 1.807) is 18.2 Å². The van der Waals surface area contributed by atoms with E-state index in [1.807, 2.05) is 6.07 Å². The van der Waals surface area contributed by atoms with Crippen LogP contribution in [0.1, 0.15) is 5.56 Å². The summed E-state index contributed by atoms with van der Waals surface area (Å²) in [5.74, 6) is -1.01. The van der Waals surface area contributed by atoms with Gasteiger partial charge in [-0.25, -0.2) is 8.78 Å². The zero-order valence-corrected chi connectivity index (χ0v) is 11.4. The fourth-order valence-electron chi connectivity index (χ4n) is 1.35. The Balaban J connectivity index is 2.40. The summed E-state index contributed by atoms with van der Waals surface area (Å²) < 4.78 is 27.3. The first kappa shape index (κ1) is 13.1. The van der Waals surface area contributed by atoms with Crippen molar-refractivity contribution in [1.29, 1.82) is 5.26 Å². The Kier molecular flexibility index (Phi) is 4.00. The van der Waals surface area contributed by atoms with Crippen molar-refractivity contribution < 1.29 is 8.78 Å². The molecule has 0 N–H and O–H groups in total. The van der Waals surface area contributed by atoms with E-state index < -0.39 is 11.6 Å². The first-order chi connectivity index (χ1) is 8.60. The van der Waals surface area contributed by atoms with Crippen LogP contribution in [-0.2, 0) is 0 Å². The smallest absolute Gasteiger partial charge is 0.137 e. The molecule has 0 heterocycles. The van der Waals surface area contributed by atoms with Crippen molar-refractivity contribution in [3.63, 3.8) is 0 Å². The average molecular weight is 326 g/mol. The number of nitrogens with zero attached hydrogens (tertiary/aromatic N) is 1. The van der Waals surface area contributed by atoms with Gasteiger partial charge in [-0.3, -0.25) is 0 Å². The standard InChI is InChI=1S/C13H6BrF2NS/c14-9-1-4-12(8(5-9)7-17)18-13-6-10(15)2-3-11(13)16/h1-6H. The van der Waals surface area contributed by atoms with E-state index in [9.17, 15) is 8.78 Å². The Hall–Kier alpha value is -1.38. The highest BCUT2D eigenvalue weighted by molar-refractivity contribution is 9.10. The third-order valence-corrected chi connectivity index (χ3v) is 3.78. The van der Waals surface area contributed by atoms with Gasteiger partial charge in [0, 0.05) is 9.37 Å². The van der Waals surface area contributed by atoms with Crippen molar-refractivity contribution >= 4 is 27.7 Å². The summed E-state index contributed by atoms with van der Waals surface area (Å²) in [5, 5.41) is 8.99. The summed E-state index contributed by atoms with van der Waals surface area (Å²) in [7, 11) is 0. The fraction of sp³-hybridized carbons (Fsp3) is 0. The first-order valence-electron chi connectivity index (χ1n) is 4.92.